The highest BCUT2D eigenvalue weighted by molar-refractivity contribution is 5.85. The molecule has 3 aromatic rings. The number of hydrogen-bond acceptors (Lipinski definition) is 5. The van der Waals surface area contributed by atoms with E-state index in [2.05, 4.69) is 26.3 Å². The van der Waals surface area contributed by atoms with Gasteiger partial charge in [-0.1, -0.05) is 12.1 Å². The molecule has 2 fully saturated rings. The quantitative estimate of drug-likeness (QED) is 0.403. The molecule has 0 radical (unpaired) electrons. The van der Waals surface area contributed by atoms with E-state index < -0.39 is 17.9 Å². The molecule has 0 bridgehead atoms. The first-order valence-corrected chi connectivity index (χ1v) is 11.2. The highest BCUT2D eigenvalue weighted by atomic mass is 19.4. The van der Waals surface area contributed by atoms with Crippen LogP contribution >= 0.6 is 0 Å². The minimum absolute atomic E-state index is 0.0454. The van der Waals surface area contributed by atoms with Crippen LogP contribution in [0.4, 0.5) is 13.2 Å². The van der Waals surface area contributed by atoms with Crippen molar-refractivity contribution in [1.82, 2.24) is 20.2 Å². The van der Waals surface area contributed by atoms with Gasteiger partial charge in [0.05, 0.1) is 18.0 Å². The number of likely N-dealkylation sites (tertiary alicyclic amines) is 1. The Hall–Kier alpha value is -2.46. The van der Waals surface area contributed by atoms with Crippen LogP contribution in [0.15, 0.2) is 42.5 Å². The molecule has 2 aliphatic rings. The largest absolute Gasteiger partial charge is 0.406 e. The molecule has 5 rings (SSSR count). The fourth-order valence-corrected chi connectivity index (χ4v) is 4.70. The number of halogens is 3. The van der Waals surface area contributed by atoms with Gasteiger partial charge in [0.1, 0.15) is 11.8 Å². The Morgan fingerprint density at radius 3 is 2.76 bits per heavy atom. The zero-order chi connectivity index (χ0) is 23.2. The number of pyridine rings is 1. The van der Waals surface area contributed by atoms with Crippen LogP contribution in [-0.4, -0.2) is 56.0 Å². The Kier molecular flexibility index (Phi) is 5.68. The summed E-state index contributed by atoms with van der Waals surface area (Å²) in [5, 5.41) is 23.2. The van der Waals surface area contributed by atoms with Crippen LogP contribution in [0.25, 0.3) is 22.2 Å². The number of fused-ring (bicyclic) bond motifs is 1. The molecular formula is C24H27F3N4O2. The maximum atomic E-state index is 13.2. The van der Waals surface area contributed by atoms with E-state index in [-0.39, 0.29) is 31.2 Å². The molecule has 3 heterocycles. The fourth-order valence-electron chi connectivity index (χ4n) is 4.70. The van der Waals surface area contributed by atoms with E-state index in [1.54, 1.807) is 12.1 Å². The second-order valence-electron chi connectivity index (χ2n) is 9.12. The second-order valence-corrected chi connectivity index (χ2v) is 9.12. The number of rotatable bonds is 7. The van der Waals surface area contributed by atoms with E-state index in [0.29, 0.717) is 5.69 Å². The third-order valence-corrected chi connectivity index (χ3v) is 6.81. The van der Waals surface area contributed by atoms with E-state index >= 15 is 0 Å². The van der Waals surface area contributed by atoms with Gasteiger partial charge < -0.3 is 15.2 Å². The Labute approximate surface area is 189 Å². The van der Waals surface area contributed by atoms with Crippen LogP contribution in [0.1, 0.15) is 43.3 Å². The number of aliphatic hydroxyl groups is 2. The van der Waals surface area contributed by atoms with Crippen molar-refractivity contribution in [2.45, 2.75) is 56.2 Å². The minimum atomic E-state index is -4.41. The van der Waals surface area contributed by atoms with Gasteiger partial charge in [-0.25, -0.2) is 4.98 Å². The average Bonchev–Trinajstić information content (AvgIpc) is 3.27. The monoisotopic (exact) mass is 460 g/mol. The highest BCUT2D eigenvalue weighted by Gasteiger charge is 2.64. The van der Waals surface area contributed by atoms with Crippen LogP contribution < -0.4 is 5.32 Å². The lowest BCUT2D eigenvalue weighted by atomic mass is 10.1. The Morgan fingerprint density at radius 1 is 1.21 bits per heavy atom. The predicted molar refractivity (Wildman–Crippen MR) is 118 cm³/mol. The Bertz CT molecular complexity index is 1140. The predicted octanol–water partition coefficient (Wildman–Crippen LogP) is 3.86. The number of nitrogens with zero attached hydrogens (tertiary/aromatic N) is 2. The van der Waals surface area contributed by atoms with E-state index in [1.807, 2.05) is 18.2 Å². The molecular weight excluding hydrogens is 433 g/mol. The van der Waals surface area contributed by atoms with Crippen LogP contribution in [0.5, 0.6) is 0 Å². The molecule has 2 aromatic heterocycles. The third-order valence-electron chi connectivity index (χ3n) is 6.81. The summed E-state index contributed by atoms with van der Waals surface area (Å²) in [6.45, 7) is 1.87. The highest BCUT2D eigenvalue weighted by Crippen LogP contribution is 2.50. The summed E-state index contributed by atoms with van der Waals surface area (Å²) in [6, 6.07) is 13.1. The zero-order valence-electron chi connectivity index (χ0n) is 18.1. The molecule has 6 nitrogen and oxygen atoms in total. The smallest absolute Gasteiger partial charge is 0.395 e. The SMILES string of the molecule is OCC1CCCN1Cc1cc2cc(-c3cccc(C(O)NC4(C(F)(F)F)CC4)n3)ccc2[nH]1. The van der Waals surface area contributed by atoms with Crippen molar-refractivity contribution < 1.29 is 23.4 Å². The maximum absolute atomic E-state index is 13.2. The topological polar surface area (TPSA) is 84.4 Å². The number of aromatic amines is 1. The number of nitrogens with one attached hydrogen (secondary N) is 2. The Balaban J connectivity index is 1.35. The summed E-state index contributed by atoms with van der Waals surface area (Å²) < 4.78 is 39.7. The third kappa shape index (κ3) is 4.38. The normalized spacial score (nSPS) is 21.5. The van der Waals surface area contributed by atoms with Gasteiger partial charge in [-0.15, -0.1) is 0 Å². The standard InChI is InChI=1S/C24H27F3N4O2/c25-24(26,27)23(8-9-23)30-22(33)21-5-1-4-19(29-21)15-6-7-20-16(11-15)12-17(28-20)13-31-10-2-3-18(31)14-32/h1,4-7,11-12,18,22,28,30,32-33H,2-3,8-10,13-14H2. The van der Waals surface area contributed by atoms with Gasteiger partial charge in [0.25, 0.3) is 0 Å². The molecule has 2 unspecified atom stereocenters. The zero-order valence-corrected chi connectivity index (χ0v) is 18.1. The van der Waals surface area contributed by atoms with Crippen molar-refractivity contribution in [2.75, 3.05) is 13.2 Å². The van der Waals surface area contributed by atoms with Crippen LogP contribution in [0.2, 0.25) is 0 Å². The van der Waals surface area contributed by atoms with E-state index in [0.717, 1.165) is 48.1 Å². The van der Waals surface area contributed by atoms with Gasteiger partial charge >= 0.3 is 6.18 Å². The number of H-pyrrole nitrogens is 1. The van der Waals surface area contributed by atoms with Crippen molar-refractivity contribution in [2.24, 2.45) is 0 Å². The van der Waals surface area contributed by atoms with Gasteiger partial charge in [-0.2, -0.15) is 13.2 Å². The number of aliphatic hydroxyl groups excluding tert-OH is 2. The minimum Gasteiger partial charge on any atom is -0.395 e. The van der Waals surface area contributed by atoms with Crippen LogP contribution in [-0.2, 0) is 6.54 Å². The first kappa shape index (κ1) is 22.3. The van der Waals surface area contributed by atoms with Crippen molar-refractivity contribution >= 4 is 10.9 Å². The maximum Gasteiger partial charge on any atom is 0.406 e. The van der Waals surface area contributed by atoms with Gasteiger partial charge in [0.2, 0.25) is 0 Å². The molecule has 1 aliphatic heterocycles. The van der Waals surface area contributed by atoms with E-state index in [9.17, 15) is 23.4 Å². The van der Waals surface area contributed by atoms with E-state index in [4.69, 9.17) is 0 Å². The molecule has 2 atom stereocenters. The summed E-state index contributed by atoms with van der Waals surface area (Å²) >= 11 is 0. The fraction of sp³-hybridized carbons (Fsp3) is 0.458. The first-order chi connectivity index (χ1) is 15.8. The number of hydrogen-bond donors (Lipinski definition) is 4. The Morgan fingerprint density at radius 2 is 2.03 bits per heavy atom. The van der Waals surface area contributed by atoms with Crippen LogP contribution in [0, 0.1) is 0 Å². The van der Waals surface area contributed by atoms with E-state index in [1.165, 1.54) is 6.07 Å². The summed E-state index contributed by atoms with van der Waals surface area (Å²) in [7, 11) is 0. The van der Waals surface area contributed by atoms with Crippen molar-refractivity contribution in [3.63, 3.8) is 0 Å². The van der Waals surface area contributed by atoms with Gasteiger partial charge in [0.15, 0.2) is 0 Å². The lowest BCUT2D eigenvalue weighted by Crippen LogP contribution is -2.46. The number of aromatic nitrogens is 2. The lowest BCUT2D eigenvalue weighted by molar-refractivity contribution is -0.174. The number of alkyl halides is 3. The molecule has 9 heteroatoms. The molecule has 1 aliphatic carbocycles. The molecule has 0 amide bonds. The lowest BCUT2D eigenvalue weighted by Gasteiger charge is -2.24. The molecule has 4 N–H and O–H groups in total. The summed E-state index contributed by atoms with van der Waals surface area (Å²) in [4.78, 5) is 10.1. The summed E-state index contributed by atoms with van der Waals surface area (Å²) in [6.07, 6.45) is -3.91. The average molecular weight is 461 g/mol. The number of benzene rings is 1. The first-order valence-electron chi connectivity index (χ1n) is 11.2. The molecule has 0 spiro atoms. The molecule has 1 aromatic carbocycles. The van der Waals surface area contributed by atoms with Gasteiger partial charge in [-0.05, 0) is 62.6 Å². The molecule has 33 heavy (non-hydrogen) atoms. The van der Waals surface area contributed by atoms with Gasteiger partial charge in [0, 0.05) is 34.7 Å². The van der Waals surface area contributed by atoms with Crippen molar-refractivity contribution in [1.29, 1.82) is 0 Å². The molecule has 1 saturated carbocycles. The van der Waals surface area contributed by atoms with Crippen molar-refractivity contribution in [3.8, 4) is 11.3 Å². The second kappa shape index (κ2) is 8.39. The van der Waals surface area contributed by atoms with Crippen molar-refractivity contribution in [3.05, 3.63) is 53.9 Å². The molecule has 176 valence electrons. The summed E-state index contributed by atoms with van der Waals surface area (Å²) in [5.41, 5.74) is 1.57. The summed E-state index contributed by atoms with van der Waals surface area (Å²) in [5.74, 6) is 0. The van der Waals surface area contributed by atoms with Gasteiger partial charge in [-0.3, -0.25) is 10.2 Å². The van der Waals surface area contributed by atoms with Crippen LogP contribution in [0.3, 0.4) is 0 Å². The molecule has 1 saturated heterocycles.